The molecule has 10 heteroatoms. The normalized spacial score (nSPS) is 12.8. The van der Waals surface area contributed by atoms with Crippen molar-refractivity contribution in [1.29, 1.82) is 0 Å². The molecule has 62 heavy (non-hydrogen) atoms. The number of nitrogens with zero attached hydrogens (tertiary/aromatic N) is 1. The second-order valence-corrected chi connectivity index (χ2v) is 16.2. The summed E-state index contributed by atoms with van der Waals surface area (Å²) in [6.45, 7) is 5.40. The number of ether oxygens (including phenoxy) is 3. The topological polar surface area (TPSA) is 125 Å². The van der Waals surface area contributed by atoms with E-state index in [1.165, 1.54) is 4.57 Å². The quantitative estimate of drug-likeness (QED) is 0.0756. The monoisotopic (exact) mass is 825 g/mol. The van der Waals surface area contributed by atoms with Crippen molar-refractivity contribution in [2.75, 3.05) is 13.7 Å². The third kappa shape index (κ3) is 8.19. The second kappa shape index (κ2) is 17.3. The van der Waals surface area contributed by atoms with E-state index in [0.29, 0.717) is 38.7 Å². The molecule has 1 aromatic heterocycles. The highest BCUT2D eigenvalue weighted by Gasteiger charge is 2.43. The zero-order chi connectivity index (χ0) is 43.4. The van der Waals surface area contributed by atoms with Gasteiger partial charge in [-0.25, -0.2) is 14.4 Å². The van der Waals surface area contributed by atoms with E-state index in [1.54, 1.807) is 64.3 Å². The minimum absolute atomic E-state index is 0.0230. The Morgan fingerprint density at radius 1 is 0.645 bits per heavy atom. The van der Waals surface area contributed by atoms with Crippen LogP contribution in [0.25, 0.3) is 22.0 Å². The maximum absolute atomic E-state index is 15.2. The highest BCUT2D eigenvalue weighted by atomic mass is 16.6. The van der Waals surface area contributed by atoms with Gasteiger partial charge in [-0.05, 0) is 66.8 Å². The average molecular weight is 826 g/mol. The predicted octanol–water partition coefficient (Wildman–Crippen LogP) is 9.77. The van der Waals surface area contributed by atoms with E-state index in [1.807, 2.05) is 115 Å². The summed E-state index contributed by atoms with van der Waals surface area (Å²) in [6.07, 6.45) is 0.159. The SMILES string of the molecule is CNC(=O)c1ccc(C(OC(=O)[C@@H](Cc2cn(C(=O)OC(C)(C)C)c3ccccc23)NC(=O)OCC2c3ccccc3-c3ccccc32)(c2ccccc2)c2ccccc2)cc1. The maximum Gasteiger partial charge on any atom is 0.419 e. The molecule has 2 amide bonds. The molecule has 1 aliphatic rings. The van der Waals surface area contributed by atoms with Crippen LogP contribution in [0.1, 0.15) is 70.4 Å². The van der Waals surface area contributed by atoms with Gasteiger partial charge >= 0.3 is 18.2 Å². The second-order valence-electron chi connectivity index (χ2n) is 16.2. The zero-order valence-electron chi connectivity index (χ0n) is 35.0. The number of nitrogens with one attached hydrogen (secondary N) is 2. The molecule has 0 spiro atoms. The van der Waals surface area contributed by atoms with Crippen molar-refractivity contribution >= 4 is 35.0 Å². The number of alkyl carbamates (subject to hydrolysis) is 1. The fraction of sp³-hybridized carbons (Fsp3) is 0.192. The van der Waals surface area contributed by atoms with Crippen molar-refractivity contribution in [3.05, 3.63) is 203 Å². The van der Waals surface area contributed by atoms with Crippen LogP contribution in [0.2, 0.25) is 0 Å². The summed E-state index contributed by atoms with van der Waals surface area (Å²) in [5, 5.41) is 6.22. The summed E-state index contributed by atoms with van der Waals surface area (Å²) >= 11 is 0. The van der Waals surface area contributed by atoms with Gasteiger partial charge < -0.3 is 24.8 Å². The van der Waals surface area contributed by atoms with Crippen molar-refractivity contribution in [3.63, 3.8) is 0 Å². The summed E-state index contributed by atoms with van der Waals surface area (Å²) in [4.78, 5) is 55.5. The number of para-hydroxylation sites is 1. The third-order valence-corrected chi connectivity index (χ3v) is 11.1. The number of aromatic nitrogens is 1. The third-order valence-electron chi connectivity index (χ3n) is 11.1. The fourth-order valence-electron chi connectivity index (χ4n) is 8.32. The summed E-state index contributed by atoms with van der Waals surface area (Å²) in [6, 6.07) is 47.7. The number of fused-ring (bicyclic) bond motifs is 4. The van der Waals surface area contributed by atoms with Crippen LogP contribution in [-0.2, 0) is 31.0 Å². The van der Waals surface area contributed by atoms with Crippen LogP contribution < -0.4 is 10.6 Å². The molecule has 10 nitrogen and oxygen atoms in total. The highest BCUT2D eigenvalue weighted by molar-refractivity contribution is 5.94. The molecule has 0 aliphatic heterocycles. The first-order valence-electron chi connectivity index (χ1n) is 20.6. The Kier molecular flexibility index (Phi) is 11.5. The minimum atomic E-state index is -1.55. The highest BCUT2D eigenvalue weighted by Crippen LogP contribution is 2.45. The van der Waals surface area contributed by atoms with Crippen LogP contribution in [0.15, 0.2) is 164 Å². The molecule has 6 aromatic carbocycles. The molecular weight excluding hydrogens is 779 g/mol. The van der Waals surface area contributed by atoms with Crippen molar-refractivity contribution in [2.24, 2.45) is 0 Å². The Morgan fingerprint density at radius 2 is 1.18 bits per heavy atom. The van der Waals surface area contributed by atoms with E-state index in [4.69, 9.17) is 14.2 Å². The molecule has 0 saturated carbocycles. The molecule has 1 atom stereocenters. The van der Waals surface area contributed by atoms with Crippen molar-refractivity contribution < 1.29 is 33.4 Å². The molecule has 8 rings (SSSR count). The maximum atomic E-state index is 15.2. The number of hydrogen-bond donors (Lipinski definition) is 2. The molecule has 0 unspecified atom stereocenters. The summed E-state index contributed by atoms with van der Waals surface area (Å²) < 4.78 is 20.0. The lowest BCUT2D eigenvalue weighted by Crippen LogP contribution is -2.47. The number of hydrogen-bond acceptors (Lipinski definition) is 7. The lowest BCUT2D eigenvalue weighted by atomic mass is 9.79. The number of esters is 1. The molecule has 0 radical (unpaired) electrons. The lowest BCUT2D eigenvalue weighted by Gasteiger charge is -2.36. The van der Waals surface area contributed by atoms with Crippen LogP contribution in [0.4, 0.5) is 9.59 Å². The van der Waals surface area contributed by atoms with Gasteiger partial charge in [-0.1, -0.05) is 140 Å². The summed E-state index contributed by atoms with van der Waals surface area (Å²) in [5.74, 6) is -1.25. The predicted molar refractivity (Wildman–Crippen MR) is 238 cm³/mol. The molecule has 1 aliphatic carbocycles. The van der Waals surface area contributed by atoms with Crippen molar-refractivity contribution in [2.45, 2.75) is 50.4 Å². The Balaban J connectivity index is 1.19. The fourth-order valence-corrected chi connectivity index (χ4v) is 8.32. The van der Waals surface area contributed by atoms with E-state index in [9.17, 15) is 14.4 Å². The van der Waals surface area contributed by atoms with Gasteiger partial charge in [0.1, 0.15) is 18.2 Å². The molecule has 0 fully saturated rings. The number of benzene rings is 6. The van der Waals surface area contributed by atoms with Crippen LogP contribution in [0, 0.1) is 0 Å². The van der Waals surface area contributed by atoms with Gasteiger partial charge in [0.05, 0.1) is 5.52 Å². The van der Waals surface area contributed by atoms with Gasteiger partial charge in [-0.2, -0.15) is 0 Å². The Bertz CT molecular complexity index is 2670. The van der Waals surface area contributed by atoms with Gasteiger partial charge in [0.15, 0.2) is 5.60 Å². The molecular formula is C52H47N3O7. The van der Waals surface area contributed by atoms with E-state index in [2.05, 4.69) is 22.8 Å². The molecule has 7 aromatic rings. The first kappa shape index (κ1) is 41.3. The van der Waals surface area contributed by atoms with Crippen molar-refractivity contribution in [3.8, 4) is 11.1 Å². The van der Waals surface area contributed by atoms with E-state index >= 15 is 4.79 Å². The van der Waals surface area contributed by atoms with Crippen LogP contribution in [-0.4, -0.2) is 53.9 Å². The van der Waals surface area contributed by atoms with Gasteiger partial charge in [0, 0.05) is 53.2 Å². The first-order chi connectivity index (χ1) is 30.0. The van der Waals surface area contributed by atoms with Crippen LogP contribution >= 0.6 is 0 Å². The Hall–Kier alpha value is -7.46. The molecule has 0 bridgehead atoms. The Morgan fingerprint density at radius 3 is 1.76 bits per heavy atom. The molecule has 0 saturated heterocycles. The van der Waals surface area contributed by atoms with Gasteiger partial charge in [0.25, 0.3) is 5.91 Å². The van der Waals surface area contributed by atoms with Crippen molar-refractivity contribution in [1.82, 2.24) is 15.2 Å². The van der Waals surface area contributed by atoms with Gasteiger partial charge in [0.2, 0.25) is 0 Å². The number of carbonyl (C=O) groups is 4. The molecule has 2 N–H and O–H groups in total. The average Bonchev–Trinajstić information content (AvgIpc) is 3.82. The largest absolute Gasteiger partial charge is 0.449 e. The van der Waals surface area contributed by atoms with Crippen LogP contribution in [0.3, 0.4) is 0 Å². The smallest absolute Gasteiger partial charge is 0.419 e. The lowest BCUT2D eigenvalue weighted by molar-refractivity contribution is -0.156. The number of carbonyl (C=O) groups excluding carboxylic acids is 4. The molecule has 1 heterocycles. The summed E-state index contributed by atoms with van der Waals surface area (Å²) in [7, 11) is 1.56. The Labute approximate surface area is 360 Å². The van der Waals surface area contributed by atoms with E-state index < -0.39 is 35.4 Å². The van der Waals surface area contributed by atoms with Crippen LogP contribution in [0.5, 0.6) is 0 Å². The van der Waals surface area contributed by atoms with E-state index in [-0.39, 0.29) is 24.9 Å². The minimum Gasteiger partial charge on any atom is -0.449 e. The van der Waals surface area contributed by atoms with E-state index in [0.717, 1.165) is 22.3 Å². The number of amides is 2. The van der Waals surface area contributed by atoms with Gasteiger partial charge in [-0.15, -0.1) is 0 Å². The first-order valence-corrected chi connectivity index (χ1v) is 20.6. The number of rotatable bonds is 11. The van der Waals surface area contributed by atoms with Gasteiger partial charge in [-0.3, -0.25) is 9.36 Å². The standard InChI is InChI=1S/C52H47N3O7/c1-51(2,3)62-50(59)55-32-35(39-21-15-16-26-46(39)55)31-45(54-49(58)60-33-44-42-24-13-11-22-40(42)41-23-12-14-25-43(41)44)48(57)61-52(36-17-7-5-8-18-36,37-19-9-6-10-20-37)38-29-27-34(28-30-38)47(56)53-4/h5-30,32,44-45H,31,33H2,1-4H3,(H,53,56)(H,54,58)/t45-/m1/s1. The molecule has 312 valence electrons. The zero-order valence-corrected chi connectivity index (χ0v) is 35.0. The summed E-state index contributed by atoms with van der Waals surface area (Å²) in [5.41, 5.74) is 5.37.